The Labute approximate surface area is 148 Å². The first-order valence-corrected chi connectivity index (χ1v) is 8.46. The summed E-state index contributed by atoms with van der Waals surface area (Å²) in [5.41, 5.74) is 6.81. The fraction of sp³-hybridized carbons (Fsp3) is 0.136. The normalized spacial score (nSPS) is 11.0. The predicted molar refractivity (Wildman–Crippen MR) is 106 cm³/mol. The highest BCUT2D eigenvalue weighted by Gasteiger charge is 2.14. The highest BCUT2D eigenvalue weighted by molar-refractivity contribution is 5.83. The zero-order valence-corrected chi connectivity index (χ0v) is 14.8. The van der Waals surface area contributed by atoms with Crippen LogP contribution in [0.5, 0.6) is 0 Å². The topological polar surface area (TPSA) is 21.1 Å². The summed E-state index contributed by atoms with van der Waals surface area (Å²) >= 11 is 0. The predicted octanol–water partition coefficient (Wildman–Crippen LogP) is 5.07. The maximum Gasteiger partial charge on any atom is 0.145 e. The van der Waals surface area contributed by atoms with Crippen LogP contribution in [0.2, 0.25) is 0 Å². The Morgan fingerprint density at radius 1 is 0.800 bits per heavy atom. The minimum absolute atomic E-state index is 0.971. The van der Waals surface area contributed by atoms with E-state index in [4.69, 9.17) is 4.98 Å². The summed E-state index contributed by atoms with van der Waals surface area (Å²) < 4.78 is 2.24. The molecule has 1 heterocycles. The first kappa shape index (κ1) is 15.5. The first-order chi connectivity index (χ1) is 12.1. The third-order valence-corrected chi connectivity index (χ3v) is 4.49. The van der Waals surface area contributed by atoms with Crippen molar-refractivity contribution in [2.75, 3.05) is 19.0 Å². The van der Waals surface area contributed by atoms with Crippen molar-refractivity contribution in [2.45, 2.75) is 6.92 Å². The van der Waals surface area contributed by atoms with Gasteiger partial charge in [0, 0.05) is 31.0 Å². The summed E-state index contributed by atoms with van der Waals surface area (Å²) in [5.74, 6) is 0.971. The number of aryl methyl sites for hydroxylation is 1. The van der Waals surface area contributed by atoms with E-state index in [1.54, 1.807) is 0 Å². The van der Waals surface area contributed by atoms with Gasteiger partial charge >= 0.3 is 0 Å². The van der Waals surface area contributed by atoms with Gasteiger partial charge in [-0.3, -0.25) is 4.57 Å². The zero-order valence-electron chi connectivity index (χ0n) is 14.8. The third kappa shape index (κ3) is 2.78. The summed E-state index contributed by atoms with van der Waals surface area (Å²) in [6.07, 6.45) is 0. The van der Waals surface area contributed by atoms with Gasteiger partial charge in [0.25, 0.3) is 0 Å². The van der Waals surface area contributed by atoms with Crippen LogP contribution < -0.4 is 4.90 Å². The number of hydrogen-bond acceptors (Lipinski definition) is 2. The van der Waals surface area contributed by atoms with E-state index >= 15 is 0 Å². The molecule has 1 aromatic heterocycles. The Balaban J connectivity index is 1.94. The third-order valence-electron chi connectivity index (χ3n) is 4.49. The molecule has 0 unspecified atom stereocenters. The lowest BCUT2D eigenvalue weighted by atomic mass is 10.1. The number of para-hydroxylation sites is 2. The number of imidazole rings is 1. The van der Waals surface area contributed by atoms with Crippen LogP contribution in [0, 0.1) is 6.92 Å². The van der Waals surface area contributed by atoms with E-state index in [2.05, 4.69) is 97.2 Å². The van der Waals surface area contributed by atoms with Crippen molar-refractivity contribution in [3.63, 3.8) is 0 Å². The van der Waals surface area contributed by atoms with Crippen LogP contribution in [0.4, 0.5) is 5.69 Å². The molecule has 0 saturated carbocycles. The lowest BCUT2D eigenvalue weighted by molar-refractivity contribution is 1.09. The monoisotopic (exact) mass is 327 g/mol. The van der Waals surface area contributed by atoms with Crippen LogP contribution in [0.3, 0.4) is 0 Å². The Kier molecular flexibility index (Phi) is 3.77. The molecule has 0 radical (unpaired) electrons. The van der Waals surface area contributed by atoms with Gasteiger partial charge in [-0.2, -0.15) is 0 Å². The van der Waals surface area contributed by atoms with E-state index in [1.807, 2.05) is 6.07 Å². The van der Waals surface area contributed by atoms with Gasteiger partial charge in [0.15, 0.2) is 0 Å². The first-order valence-electron chi connectivity index (χ1n) is 8.46. The summed E-state index contributed by atoms with van der Waals surface area (Å²) in [5, 5.41) is 0. The fourth-order valence-electron chi connectivity index (χ4n) is 3.08. The molecule has 0 aliphatic carbocycles. The summed E-state index contributed by atoms with van der Waals surface area (Å²) in [6, 6.07) is 25.4. The van der Waals surface area contributed by atoms with Crippen molar-refractivity contribution in [2.24, 2.45) is 0 Å². The van der Waals surface area contributed by atoms with Crippen molar-refractivity contribution in [1.82, 2.24) is 9.55 Å². The SMILES string of the molecule is Cc1ccc(-c2nc3ccccc3n2-c2ccc(N(C)C)cc2)cc1. The standard InChI is InChI=1S/C22H21N3/c1-16-8-10-17(11-9-16)22-23-20-6-4-5-7-21(20)25(22)19-14-12-18(13-15-19)24(2)3/h4-15H,1-3H3. The number of benzene rings is 3. The smallest absolute Gasteiger partial charge is 0.145 e. The molecule has 0 aliphatic rings. The van der Waals surface area contributed by atoms with Crippen molar-refractivity contribution >= 4 is 16.7 Å². The van der Waals surface area contributed by atoms with Gasteiger partial charge in [-0.1, -0.05) is 42.0 Å². The van der Waals surface area contributed by atoms with E-state index in [-0.39, 0.29) is 0 Å². The lowest BCUT2D eigenvalue weighted by Gasteiger charge is -2.14. The highest BCUT2D eigenvalue weighted by atomic mass is 15.1. The molecule has 0 spiro atoms. The summed E-state index contributed by atoms with van der Waals surface area (Å²) in [4.78, 5) is 7.01. The molecule has 0 fully saturated rings. The van der Waals surface area contributed by atoms with Crippen LogP contribution in [0.1, 0.15) is 5.56 Å². The van der Waals surface area contributed by atoms with Crippen molar-refractivity contribution < 1.29 is 0 Å². The van der Waals surface area contributed by atoms with Crippen molar-refractivity contribution in [3.8, 4) is 17.1 Å². The molecular weight excluding hydrogens is 306 g/mol. The molecule has 3 heteroatoms. The molecule has 0 N–H and O–H groups in total. The molecule has 3 aromatic carbocycles. The van der Waals surface area contributed by atoms with Crippen LogP contribution in [0.25, 0.3) is 28.1 Å². The maximum absolute atomic E-state index is 4.90. The molecule has 0 aliphatic heterocycles. The molecule has 0 atom stereocenters. The lowest BCUT2D eigenvalue weighted by Crippen LogP contribution is -2.08. The molecule has 4 aromatic rings. The maximum atomic E-state index is 4.90. The van der Waals surface area contributed by atoms with Crippen LogP contribution in [0.15, 0.2) is 72.8 Å². The van der Waals surface area contributed by atoms with Gasteiger partial charge in [-0.15, -0.1) is 0 Å². The van der Waals surface area contributed by atoms with Gasteiger partial charge < -0.3 is 4.90 Å². The summed E-state index contributed by atoms with van der Waals surface area (Å²) in [7, 11) is 4.11. The van der Waals surface area contributed by atoms with E-state index in [1.165, 1.54) is 11.3 Å². The highest BCUT2D eigenvalue weighted by Crippen LogP contribution is 2.29. The van der Waals surface area contributed by atoms with Gasteiger partial charge in [-0.25, -0.2) is 4.98 Å². The molecule has 0 bridgehead atoms. The molecule has 124 valence electrons. The van der Waals surface area contributed by atoms with Gasteiger partial charge in [-0.05, 0) is 43.3 Å². The largest absolute Gasteiger partial charge is 0.378 e. The van der Waals surface area contributed by atoms with Crippen LogP contribution in [-0.4, -0.2) is 23.6 Å². The van der Waals surface area contributed by atoms with E-state index in [0.717, 1.165) is 28.1 Å². The van der Waals surface area contributed by atoms with Crippen LogP contribution >= 0.6 is 0 Å². The second kappa shape index (κ2) is 6.10. The van der Waals surface area contributed by atoms with Crippen molar-refractivity contribution in [3.05, 3.63) is 78.4 Å². The second-order valence-corrected chi connectivity index (χ2v) is 6.54. The summed E-state index contributed by atoms with van der Waals surface area (Å²) in [6.45, 7) is 2.10. The second-order valence-electron chi connectivity index (χ2n) is 6.54. The average Bonchev–Trinajstić information content (AvgIpc) is 3.02. The average molecular weight is 327 g/mol. The molecule has 25 heavy (non-hydrogen) atoms. The minimum Gasteiger partial charge on any atom is -0.378 e. The quantitative estimate of drug-likeness (QED) is 0.524. The molecule has 3 nitrogen and oxygen atoms in total. The molecule has 0 amide bonds. The van der Waals surface area contributed by atoms with E-state index in [0.29, 0.717) is 0 Å². The zero-order chi connectivity index (χ0) is 17.4. The van der Waals surface area contributed by atoms with Gasteiger partial charge in [0.2, 0.25) is 0 Å². The Hall–Kier alpha value is -3.07. The Morgan fingerprint density at radius 2 is 1.48 bits per heavy atom. The number of aromatic nitrogens is 2. The Morgan fingerprint density at radius 3 is 2.16 bits per heavy atom. The molecule has 0 saturated heterocycles. The number of hydrogen-bond donors (Lipinski definition) is 0. The van der Waals surface area contributed by atoms with E-state index in [9.17, 15) is 0 Å². The molecular formula is C22H21N3. The van der Waals surface area contributed by atoms with Crippen molar-refractivity contribution in [1.29, 1.82) is 0 Å². The van der Waals surface area contributed by atoms with E-state index < -0.39 is 0 Å². The number of nitrogens with zero attached hydrogens (tertiary/aromatic N) is 3. The Bertz CT molecular complexity index is 1010. The fourth-order valence-corrected chi connectivity index (χ4v) is 3.08. The number of fused-ring (bicyclic) bond motifs is 1. The number of anilines is 1. The van der Waals surface area contributed by atoms with Gasteiger partial charge in [0.1, 0.15) is 5.82 Å². The van der Waals surface area contributed by atoms with Crippen LogP contribution in [-0.2, 0) is 0 Å². The number of rotatable bonds is 3. The minimum atomic E-state index is 0.971. The molecule has 4 rings (SSSR count). The van der Waals surface area contributed by atoms with Gasteiger partial charge in [0.05, 0.1) is 11.0 Å².